The van der Waals surface area contributed by atoms with Crippen LogP contribution in [0.4, 0.5) is 10.7 Å². The summed E-state index contributed by atoms with van der Waals surface area (Å²) in [5.74, 6) is 0.354. The van der Waals surface area contributed by atoms with E-state index >= 15 is 0 Å². The molecule has 4 N–H and O–H groups in total. The number of anilines is 2. The molecule has 0 bridgehead atoms. The predicted molar refractivity (Wildman–Crippen MR) is 117 cm³/mol. The molecular weight excluding hydrogens is 402 g/mol. The van der Waals surface area contributed by atoms with Gasteiger partial charge in [-0.3, -0.25) is 14.4 Å². The summed E-state index contributed by atoms with van der Waals surface area (Å²) in [6.07, 6.45) is 0.736. The molecule has 3 aromatic rings. The number of carbonyl (C=O) groups is 3. The molecule has 0 aliphatic carbocycles. The number of nitrogens with one attached hydrogen (secondary N) is 2. The Kier molecular flexibility index (Phi) is 7.18. The van der Waals surface area contributed by atoms with Gasteiger partial charge in [0.1, 0.15) is 16.5 Å². The minimum absolute atomic E-state index is 0.160. The third-order valence-corrected chi connectivity index (χ3v) is 4.94. The maximum atomic E-state index is 12.1. The molecular formula is C22H21N3O4S. The second-order valence-corrected chi connectivity index (χ2v) is 7.33. The molecule has 2 aromatic carbocycles. The number of primary amides is 1. The Hall–Kier alpha value is -3.65. The quantitative estimate of drug-likeness (QED) is 0.474. The Balaban J connectivity index is 1.40. The molecule has 8 heteroatoms. The number of rotatable bonds is 9. The Morgan fingerprint density at radius 2 is 1.47 bits per heavy atom. The van der Waals surface area contributed by atoms with Crippen molar-refractivity contribution >= 4 is 39.7 Å². The molecule has 0 radical (unpaired) electrons. The lowest BCUT2D eigenvalue weighted by Gasteiger charge is -2.08. The maximum Gasteiger partial charge on any atom is 0.251 e. The fourth-order valence-electron chi connectivity index (χ4n) is 2.65. The van der Waals surface area contributed by atoms with E-state index in [1.54, 1.807) is 35.7 Å². The van der Waals surface area contributed by atoms with Gasteiger partial charge in [0.05, 0.1) is 5.56 Å². The molecule has 0 atom stereocenters. The molecule has 3 rings (SSSR count). The molecule has 1 heterocycles. The van der Waals surface area contributed by atoms with Gasteiger partial charge in [-0.1, -0.05) is 18.2 Å². The standard InChI is InChI=1S/C22H21N3O4S/c23-21(28)18-13-14-30-22(18)25-20(27)8-4-7-19(26)24-15-9-11-17(12-10-15)29-16-5-2-1-3-6-16/h1-3,5-6,9-14H,4,7-8H2,(H2,23,28)(H,24,26)(H,25,27). The molecule has 1 aromatic heterocycles. The predicted octanol–water partition coefficient (Wildman–Crippen LogP) is 4.39. The molecule has 0 unspecified atom stereocenters. The van der Waals surface area contributed by atoms with Gasteiger partial charge in [-0.25, -0.2) is 0 Å². The lowest BCUT2D eigenvalue weighted by Crippen LogP contribution is -2.17. The molecule has 0 spiro atoms. The molecule has 30 heavy (non-hydrogen) atoms. The van der Waals surface area contributed by atoms with Crippen molar-refractivity contribution in [2.45, 2.75) is 19.3 Å². The van der Waals surface area contributed by atoms with Crippen molar-refractivity contribution < 1.29 is 19.1 Å². The van der Waals surface area contributed by atoms with Crippen LogP contribution in [-0.4, -0.2) is 17.7 Å². The van der Waals surface area contributed by atoms with Crippen molar-refractivity contribution in [3.05, 3.63) is 71.6 Å². The number of benzene rings is 2. The fraction of sp³-hybridized carbons (Fsp3) is 0.136. The van der Waals surface area contributed by atoms with E-state index in [9.17, 15) is 14.4 Å². The topological polar surface area (TPSA) is 111 Å². The molecule has 0 saturated carbocycles. The van der Waals surface area contributed by atoms with Crippen molar-refractivity contribution in [3.8, 4) is 11.5 Å². The third kappa shape index (κ3) is 6.18. The van der Waals surface area contributed by atoms with Crippen LogP contribution >= 0.6 is 11.3 Å². The van der Waals surface area contributed by atoms with Gasteiger partial charge in [-0.2, -0.15) is 0 Å². The van der Waals surface area contributed by atoms with Crippen LogP contribution in [0.25, 0.3) is 0 Å². The average Bonchev–Trinajstić information content (AvgIpc) is 3.18. The first-order chi connectivity index (χ1) is 14.5. The first-order valence-electron chi connectivity index (χ1n) is 9.31. The van der Waals surface area contributed by atoms with E-state index in [4.69, 9.17) is 10.5 Å². The number of para-hydroxylation sites is 1. The van der Waals surface area contributed by atoms with Crippen LogP contribution in [0.3, 0.4) is 0 Å². The van der Waals surface area contributed by atoms with E-state index in [0.717, 1.165) is 5.75 Å². The number of amides is 3. The Morgan fingerprint density at radius 3 is 2.13 bits per heavy atom. The van der Waals surface area contributed by atoms with Crippen LogP contribution in [0.5, 0.6) is 11.5 Å². The normalized spacial score (nSPS) is 10.3. The molecule has 3 amide bonds. The van der Waals surface area contributed by atoms with E-state index in [1.165, 1.54) is 11.3 Å². The Morgan fingerprint density at radius 1 is 0.833 bits per heavy atom. The summed E-state index contributed by atoms with van der Waals surface area (Å²) in [7, 11) is 0. The Labute approximate surface area is 177 Å². The molecule has 0 aliphatic rings. The van der Waals surface area contributed by atoms with Crippen molar-refractivity contribution in [1.82, 2.24) is 0 Å². The Bertz CT molecular complexity index is 1020. The highest BCUT2D eigenvalue weighted by molar-refractivity contribution is 7.14. The average molecular weight is 423 g/mol. The number of hydrogen-bond donors (Lipinski definition) is 3. The van der Waals surface area contributed by atoms with Gasteiger partial charge in [-0.05, 0) is 54.3 Å². The zero-order valence-corrected chi connectivity index (χ0v) is 16.9. The largest absolute Gasteiger partial charge is 0.457 e. The second kappa shape index (κ2) is 10.2. The summed E-state index contributed by atoms with van der Waals surface area (Å²) in [6, 6.07) is 18.0. The van der Waals surface area contributed by atoms with Gasteiger partial charge in [0, 0.05) is 18.5 Å². The number of nitrogens with two attached hydrogens (primary N) is 1. The van der Waals surface area contributed by atoms with E-state index in [2.05, 4.69) is 10.6 Å². The van der Waals surface area contributed by atoms with Gasteiger partial charge in [0.25, 0.3) is 5.91 Å². The van der Waals surface area contributed by atoms with E-state index < -0.39 is 5.91 Å². The SMILES string of the molecule is NC(=O)c1ccsc1NC(=O)CCCC(=O)Nc1ccc(Oc2ccccc2)cc1. The number of ether oxygens (including phenoxy) is 1. The van der Waals surface area contributed by atoms with Gasteiger partial charge in [0.2, 0.25) is 11.8 Å². The summed E-state index contributed by atoms with van der Waals surface area (Å²) < 4.78 is 5.71. The number of carbonyl (C=O) groups excluding carboxylic acids is 3. The summed E-state index contributed by atoms with van der Waals surface area (Å²) in [6.45, 7) is 0. The minimum atomic E-state index is -0.592. The van der Waals surface area contributed by atoms with Gasteiger partial charge < -0.3 is 21.1 Å². The van der Waals surface area contributed by atoms with Crippen LogP contribution in [-0.2, 0) is 9.59 Å². The van der Waals surface area contributed by atoms with Crippen molar-refractivity contribution in [2.75, 3.05) is 10.6 Å². The molecule has 0 saturated heterocycles. The maximum absolute atomic E-state index is 12.1. The van der Waals surface area contributed by atoms with Gasteiger partial charge in [0.15, 0.2) is 0 Å². The van der Waals surface area contributed by atoms with Crippen molar-refractivity contribution in [2.24, 2.45) is 5.73 Å². The first kappa shape index (κ1) is 21.1. The third-order valence-electron chi connectivity index (χ3n) is 4.11. The lowest BCUT2D eigenvalue weighted by molar-refractivity contribution is -0.117. The van der Waals surface area contributed by atoms with Crippen molar-refractivity contribution in [1.29, 1.82) is 0 Å². The van der Waals surface area contributed by atoms with Crippen LogP contribution in [0.2, 0.25) is 0 Å². The van der Waals surface area contributed by atoms with Crippen molar-refractivity contribution in [3.63, 3.8) is 0 Å². The highest BCUT2D eigenvalue weighted by atomic mass is 32.1. The van der Waals surface area contributed by atoms with Gasteiger partial charge in [-0.15, -0.1) is 11.3 Å². The van der Waals surface area contributed by atoms with E-state index in [0.29, 0.717) is 22.9 Å². The molecule has 154 valence electrons. The van der Waals surface area contributed by atoms with Crippen LogP contribution in [0.15, 0.2) is 66.0 Å². The summed E-state index contributed by atoms with van der Waals surface area (Å²) in [4.78, 5) is 35.4. The van der Waals surface area contributed by atoms with Crippen LogP contribution < -0.4 is 21.1 Å². The fourth-order valence-corrected chi connectivity index (χ4v) is 3.46. The first-order valence-corrected chi connectivity index (χ1v) is 10.2. The molecule has 0 aliphatic heterocycles. The highest BCUT2D eigenvalue weighted by Gasteiger charge is 2.13. The zero-order chi connectivity index (χ0) is 21.3. The number of thiophene rings is 1. The molecule has 0 fully saturated rings. The molecule has 7 nitrogen and oxygen atoms in total. The van der Waals surface area contributed by atoms with Crippen LogP contribution in [0, 0.1) is 0 Å². The summed E-state index contributed by atoms with van der Waals surface area (Å²) in [5.41, 5.74) is 6.18. The number of hydrogen-bond acceptors (Lipinski definition) is 5. The van der Waals surface area contributed by atoms with E-state index in [1.807, 2.05) is 30.3 Å². The lowest BCUT2D eigenvalue weighted by atomic mass is 10.2. The van der Waals surface area contributed by atoms with E-state index in [-0.39, 0.29) is 30.2 Å². The summed E-state index contributed by atoms with van der Waals surface area (Å²) >= 11 is 1.23. The summed E-state index contributed by atoms with van der Waals surface area (Å²) in [5, 5.41) is 7.55. The highest BCUT2D eigenvalue weighted by Crippen LogP contribution is 2.24. The van der Waals surface area contributed by atoms with Gasteiger partial charge >= 0.3 is 0 Å². The van der Waals surface area contributed by atoms with Crippen LogP contribution in [0.1, 0.15) is 29.6 Å². The monoisotopic (exact) mass is 423 g/mol. The minimum Gasteiger partial charge on any atom is -0.457 e. The zero-order valence-electron chi connectivity index (χ0n) is 16.1. The smallest absolute Gasteiger partial charge is 0.251 e. The second-order valence-electron chi connectivity index (χ2n) is 6.42.